The molecule has 0 radical (unpaired) electrons. The van der Waals surface area contributed by atoms with Crippen molar-refractivity contribution in [1.29, 1.82) is 0 Å². The number of hydrogen-bond acceptors (Lipinski definition) is 3. The van der Waals surface area contributed by atoms with Crippen molar-refractivity contribution in [1.82, 2.24) is 10.2 Å². The van der Waals surface area contributed by atoms with Gasteiger partial charge in [0.25, 0.3) is 5.91 Å². The summed E-state index contributed by atoms with van der Waals surface area (Å²) < 4.78 is 26.6. The predicted octanol–water partition coefficient (Wildman–Crippen LogP) is 2.80. The molecule has 0 atom stereocenters. The van der Waals surface area contributed by atoms with Crippen LogP contribution in [-0.4, -0.2) is 29.8 Å². The van der Waals surface area contributed by atoms with Gasteiger partial charge in [0, 0.05) is 17.5 Å². The van der Waals surface area contributed by atoms with Gasteiger partial charge in [-0.2, -0.15) is 0 Å². The fraction of sp³-hybridized carbons (Fsp3) is 0.250. The zero-order valence-corrected chi connectivity index (χ0v) is 13.3. The monoisotopic (exact) mass is 338 g/mol. The van der Waals surface area contributed by atoms with Gasteiger partial charge in [0.05, 0.1) is 18.7 Å². The molecule has 1 heterocycles. The molecule has 23 heavy (non-hydrogen) atoms. The molecule has 1 aromatic heterocycles. The number of nitrogens with one attached hydrogen (secondary N) is 1. The molecule has 0 bridgehead atoms. The van der Waals surface area contributed by atoms with Crippen LogP contribution in [-0.2, 0) is 11.3 Å². The Balaban J connectivity index is 1.98. The van der Waals surface area contributed by atoms with Gasteiger partial charge in [-0.25, -0.2) is 8.78 Å². The Bertz CT molecular complexity index is 689. The maximum Gasteiger partial charge on any atom is 0.257 e. The summed E-state index contributed by atoms with van der Waals surface area (Å²) in [6, 6.07) is 6.52. The van der Waals surface area contributed by atoms with Crippen molar-refractivity contribution < 1.29 is 18.4 Å². The molecule has 2 amide bonds. The predicted molar refractivity (Wildman–Crippen MR) is 84.1 cm³/mol. The van der Waals surface area contributed by atoms with Crippen LogP contribution in [0.15, 0.2) is 35.7 Å². The maximum absolute atomic E-state index is 13.7. The zero-order chi connectivity index (χ0) is 16.8. The maximum atomic E-state index is 13.7. The summed E-state index contributed by atoms with van der Waals surface area (Å²) in [4.78, 5) is 26.4. The average molecular weight is 338 g/mol. The number of nitrogens with zero attached hydrogens (tertiary/aromatic N) is 1. The summed E-state index contributed by atoms with van der Waals surface area (Å²) in [6.45, 7) is 2.12. The van der Waals surface area contributed by atoms with E-state index < -0.39 is 17.5 Å². The largest absolute Gasteiger partial charge is 0.350 e. The Hall–Kier alpha value is -2.28. The molecule has 0 aliphatic carbocycles. The van der Waals surface area contributed by atoms with E-state index in [1.54, 1.807) is 6.92 Å². The van der Waals surface area contributed by atoms with E-state index in [2.05, 4.69) is 5.32 Å². The molecule has 0 spiro atoms. The standard InChI is InChI=1S/C16H16F2N2O2S/c1-2-20(10-15(21)19-9-12-4-3-7-23-12)16(22)13-6-5-11(17)8-14(13)18/h3-8H,2,9-10H2,1H3,(H,19,21). The Morgan fingerprint density at radius 1 is 1.26 bits per heavy atom. The van der Waals surface area contributed by atoms with Crippen LogP contribution in [0.4, 0.5) is 8.78 Å². The van der Waals surface area contributed by atoms with Gasteiger partial charge in [-0.15, -0.1) is 11.3 Å². The van der Waals surface area contributed by atoms with Gasteiger partial charge in [0.15, 0.2) is 0 Å². The van der Waals surface area contributed by atoms with Gasteiger partial charge in [-0.05, 0) is 30.5 Å². The first-order valence-corrected chi connectivity index (χ1v) is 7.92. The van der Waals surface area contributed by atoms with Crippen LogP contribution in [0, 0.1) is 11.6 Å². The van der Waals surface area contributed by atoms with Crippen LogP contribution >= 0.6 is 11.3 Å². The summed E-state index contributed by atoms with van der Waals surface area (Å²) in [7, 11) is 0. The quantitative estimate of drug-likeness (QED) is 0.880. The number of benzene rings is 1. The second-order valence-corrected chi connectivity index (χ2v) is 5.83. The molecule has 0 saturated carbocycles. The Labute approximate surface area is 136 Å². The highest BCUT2D eigenvalue weighted by atomic mass is 32.1. The Morgan fingerprint density at radius 2 is 2.04 bits per heavy atom. The van der Waals surface area contributed by atoms with Crippen LogP contribution in [0.5, 0.6) is 0 Å². The molecule has 0 aliphatic rings. The van der Waals surface area contributed by atoms with Crippen LogP contribution in [0.1, 0.15) is 22.2 Å². The van der Waals surface area contributed by atoms with E-state index in [-0.39, 0.29) is 24.6 Å². The van der Waals surface area contributed by atoms with Crippen LogP contribution < -0.4 is 5.32 Å². The van der Waals surface area contributed by atoms with Gasteiger partial charge < -0.3 is 10.2 Å². The summed E-state index contributed by atoms with van der Waals surface area (Å²) in [5.74, 6) is -2.67. The molecular formula is C16H16F2N2O2S. The van der Waals surface area contributed by atoms with Crippen molar-refractivity contribution in [2.24, 2.45) is 0 Å². The smallest absolute Gasteiger partial charge is 0.257 e. The number of amides is 2. The molecule has 1 aromatic carbocycles. The van der Waals surface area contributed by atoms with Gasteiger partial charge >= 0.3 is 0 Å². The highest BCUT2D eigenvalue weighted by Gasteiger charge is 2.20. The van der Waals surface area contributed by atoms with Crippen LogP contribution in [0.25, 0.3) is 0 Å². The molecule has 122 valence electrons. The van der Waals surface area contributed by atoms with Crippen molar-refractivity contribution in [3.63, 3.8) is 0 Å². The molecule has 0 saturated heterocycles. The Morgan fingerprint density at radius 3 is 2.65 bits per heavy atom. The van der Waals surface area contributed by atoms with E-state index in [0.29, 0.717) is 12.6 Å². The molecule has 2 rings (SSSR count). The minimum atomic E-state index is -0.938. The molecule has 0 fully saturated rings. The Kier molecular flexibility index (Phi) is 5.81. The number of carbonyl (C=O) groups excluding carboxylic acids is 2. The third-order valence-corrected chi connectivity index (χ3v) is 4.08. The lowest BCUT2D eigenvalue weighted by Gasteiger charge is -2.20. The van der Waals surface area contributed by atoms with E-state index in [1.807, 2.05) is 17.5 Å². The van der Waals surface area contributed by atoms with Gasteiger partial charge in [-0.1, -0.05) is 6.07 Å². The van der Waals surface area contributed by atoms with Crippen LogP contribution in [0.3, 0.4) is 0 Å². The highest BCUT2D eigenvalue weighted by Crippen LogP contribution is 2.12. The summed E-state index contributed by atoms with van der Waals surface area (Å²) in [5.41, 5.74) is -0.251. The fourth-order valence-electron chi connectivity index (χ4n) is 1.99. The lowest BCUT2D eigenvalue weighted by atomic mass is 10.1. The molecule has 2 aromatic rings. The molecule has 7 heteroatoms. The van der Waals surface area contributed by atoms with E-state index in [4.69, 9.17) is 0 Å². The zero-order valence-electron chi connectivity index (χ0n) is 12.5. The number of carbonyl (C=O) groups is 2. The topological polar surface area (TPSA) is 49.4 Å². The number of hydrogen-bond donors (Lipinski definition) is 1. The highest BCUT2D eigenvalue weighted by molar-refractivity contribution is 7.09. The molecular weight excluding hydrogens is 322 g/mol. The number of halogens is 2. The minimum Gasteiger partial charge on any atom is -0.350 e. The first kappa shape index (κ1) is 17.1. The van der Waals surface area contributed by atoms with Crippen molar-refractivity contribution in [2.45, 2.75) is 13.5 Å². The summed E-state index contributed by atoms with van der Waals surface area (Å²) in [6.07, 6.45) is 0. The number of rotatable bonds is 6. The first-order chi connectivity index (χ1) is 11.0. The molecule has 4 nitrogen and oxygen atoms in total. The van der Waals surface area contributed by atoms with Crippen molar-refractivity contribution in [2.75, 3.05) is 13.1 Å². The van der Waals surface area contributed by atoms with Gasteiger partial charge in [0.2, 0.25) is 5.91 Å². The summed E-state index contributed by atoms with van der Waals surface area (Å²) in [5, 5.41) is 4.61. The third kappa shape index (κ3) is 4.59. The van der Waals surface area contributed by atoms with E-state index in [0.717, 1.165) is 17.0 Å². The van der Waals surface area contributed by atoms with Gasteiger partial charge in [-0.3, -0.25) is 9.59 Å². The SMILES string of the molecule is CCN(CC(=O)NCc1cccs1)C(=O)c1ccc(F)cc1F. The summed E-state index contributed by atoms with van der Waals surface area (Å²) >= 11 is 1.52. The fourth-order valence-corrected chi connectivity index (χ4v) is 2.63. The van der Waals surface area contributed by atoms with Crippen molar-refractivity contribution >= 4 is 23.2 Å². The number of thiophene rings is 1. The van der Waals surface area contributed by atoms with Gasteiger partial charge in [0.1, 0.15) is 11.6 Å². The molecule has 0 unspecified atom stereocenters. The second-order valence-electron chi connectivity index (χ2n) is 4.80. The lowest BCUT2D eigenvalue weighted by Crippen LogP contribution is -2.40. The lowest BCUT2D eigenvalue weighted by molar-refractivity contribution is -0.121. The second kappa shape index (κ2) is 7.82. The minimum absolute atomic E-state index is 0.183. The third-order valence-electron chi connectivity index (χ3n) is 3.20. The van der Waals surface area contributed by atoms with E-state index in [1.165, 1.54) is 16.2 Å². The van der Waals surface area contributed by atoms with E-state index in [9.17, 15) is 18.4 Å². The molecule has 1 N–H and O–H groups in total. The van der Waals surface area contributed by atoms with E-state index >= 15 is 0 Å². The van der Waals surface area contributed by atoms with Crippen LogP contribution in [0.2, 0.25) is 0 Å². The van der Waals surface area contributed by atoms with Crippen molar-refractivity contribution in [3.05, 3.63) is 57.8 Å². The van der Waals surface area contributed by atoms with Crippen molar-refractivity contribution in [3.8, 4) is 0 Å². The first-order valence-electron chi connectivity index (χ1n) is 7.04. The number of likely N-dealkylation sites (N-methyl/N-ethyl adjacent to an activating group) is 1. The molecule has 0 aliphatic heterocycles. The normalized spacial score (nSPS) is 10.4. The average Bonchev–Trinajstić information content (AvgIpc) is 3.03.